The molecular weight excluding hydrogens is 506 g/mol. The van der Waals surface area contributed by atoms with Crippen molar-refractivity contribution < 1.29 is 13.5 Å². The Balaban J connectivity index is 1.22. The van der Waals surface area contributed by atoms with Gasteiger partial charge in [-0.3, -0.25) is 0 Å². The van der Waals surface area contributed by atoms with Crippen LogP contribution in [0.1, 0.15) is 42.3 Å². The van der Waals surface area contributed by atoms with Crippen LogP contribution < -0.4 is 4.74 Å². The van der Waals surface area contributed by atoms with Gasteiger partial charge in [-0.25, -0.2) is 23.6 Å². The summed E-state index contributed by atoms with van der Waals surface area (Å²) >= 11 is 0. The van der Waals surface area contributed by atoms with Gasteiger partial charge in [0.05, 0.1) is 23.3 Å². The van der Waals surface area contributed by atoms with Gasteiger partial charge in [0.15, 0.2) is 5.69 Å². The Morgan fingerprint density at radius 2 is 1.75 bits per heavy atom. The van der Waals surface area contributed by atoms with E-state index in [0.29, 0.717) is 34.7 Å². The van der Waals surface area contributed by atoms with Crippen LogP contribution in [-0.4, -0.2) is 14.5 Å². The fraction of sp³-hybridized carbons (Fsp3) is 0.242. The second-order valence-corrected chi connectivity index (χ2v) is 10.9. The summed E-state index contributed by atoms with van der Waals surface area (Å²) in [5.74, 6) is 0.344. The van der Waals surface area contributed by atoms with Crippen molar-refractivity contribution in [1.29, 1.82) is 0 Å². The highest BCUT2D eigenvalue weighted by atomic mass is 19.1. The molecule has 0 bridgehead atoms. The van der Waals surface area contributed by atoms with Gasteiger partial charge in [-0.1, -0.05) is 43.3 Å². The molecule has 200 valence electrons. The van der Waals surface area contributed by atoms with Gasteiger partial charge in [0.25, 0.3) is 0 Å². The molecule has 7 heteroatoms. The highest BCUT2D eigenvalue weighted by Gasteiger charge is 2.38. The van der Waals surface area contributed by atoms with Crippen LogP contribution in [0.2, 0.25) is 0 Å². The fourth-order valence-electron chi connectivity index (χ4n) is 4.90. The second kappa shape index (κ2) is 10.2. The van der Waals surface area contributed by atoms with Crippen molar-refractivity contribution in [3.05, 3.63) is 118 Å². The zero-order valence-electron chi connectivity index (χ0n) is 22.4. The van der Waals surface area contributed by atoms with Gasteiger partial charge in [0.1, 0.15) is 24.1 Å². The number of aryl methyl sites for hydroxylation is 1. The molecule has 0 unspecified atom stereocenters. The molecule has 0 N–H and O–H groups in total. The summed E-state index contributed by atoms with van der Waals surface area (Å²) in [7, 11) is 0. The Morgan fingerprint density at radius 3 is 2.50 bits per heavy atom. The molecule has 1 aliphatic carbocycles. The molecule has 0 radical (unpaired) electrons. The van der Waals surface area contributed by atoms with E-state index in [-0.39, 0.29) is 23.5 Å². The van der Waals surface area contributed by atoms with E-state index in [0.717, 1.165) is 23.4 Å². The topological polar surface area (TPSA) is 44.3 Å². The van der Waals surface area contributed by atoms with Crippen molar-refractivity contribution >= 4 is 16.7 Å². The molecule has 0 aliphatic heterocycles. The minimum absolute atomic E-state index is 0.0343. The lowest BCUT2D eigenvalue weighted by Crippen LogP contribution is -2.12. The first-order chi connectivity index (χ1) is 19.3. The van der Waals surface area contributed by atoms with E-state index in [9.17, 15) is 4.39 Å². The Kier molecular flexibility index (Phi) is 6.55. The molecule has 1 fully saturated rings. The Hall–Kier alpha value is -4.57. The Morgan fingerprint density at radius 1 is 0.950 bits per heavy atom. The number of hydrogen-bond donors (Lipinski definition) is 0. The SMILES string of the molecule is [C-]#[N+]c1ccc(COc2cccc(-c3ccc(Cc4nc5ccc(C)cc5n4CC4(C)CC4)c(F)c3)n2)c(F)c1. The molecule has 5 nitrogen and oxygen atoms in total. The number of fused-ring (bicyclic) bond motifs is 1. The second-order valence-electron chi connectivity index (χ2n) is 10.9. The summed E-state index contributed by atoms with van der Waals surface area (Å²) in [6, 6.07) is 20.9. The van der Waals surface area contributed by atoms with Crippen molar-refractivity contribution in [1.82, 2.24) is 14.5 Å². The lowest BCUT2D eigenvalue weighted by atomic mass is 10.0. The van der Waals surface area contributed by atoms with E-state index in [4.69, 9.17) is 16.3 Å². The van der Waals surface area contributed by atoms with Crippen LogP contribution >= 0.6 is 0 Å². The van der Waals surface area contributed by atoms with E-state index in [2.05, 4.69) is 40.4 Å². The zero-order valence-corrected chi connectivity index (χ0v) is 22.4. The van der Waals surface area contributed by atoms with Gasteiger partial charge in [-0.2, -0.15) is 0 Å². The van der Waals surface area contributed by atoms with Gasteiger partial charge in [-0.15, -0.1) is 0 Å². The maximum atomic E-state index is 15.4. The largest absolute Gasteiger partial charge is 0.473 e. The lowest BCUT2D eigenvalue weighted by molar-refractivity contribution is 0.288. The third-order valence-electron chi connectivity index (χ3n) is 7.59. The summed E-state index contributed by atoms with van der Waals surface area (Å²) < 4.78 is 37.6. The van der Waals surface area contributed by atoms with Crippen LogP contribution in [0, 0.1) is 30.5 Å². The molecule has 0 spiro atoms. The zero-order chi connectivity index (χ0) is 27.9. The molecule has 0 atom stereocenters. The van der Waals surface area contributed by atoms with Crippen molar-refractivity contribution in [2.45, 2.75) is 46.3 Å². The molecule has 3 aromatic carbocycles. The molecule has 2 aromatic heterocycles. The van der Waals surface area contributed by atoms with Crippen LogP contribution in [0.4, 0.5) is 14.5 Å². The highest BCUT2D eigenvalue weighted by Crippen LogP contribution is 2.47. The molecule has 40 heavy (non-hydrogen) atoms. The van der Waals surface area contributed by atoms with Gasteiger partial charge >= 0.3 is 0 Å². The van der Waals surface area contributed by atoms with Crippen molar-refractivity contribution in [3.63, 3.8) is 0 Å². The summed E-state index contributed by atoms with van der Waals surface area (Å²) in [6.45, 7) is 12.2. The first-order valence-corrected chi connectivity index (χ1v) is 13.3. The molecule has 1 aliphatic rings. The minimum atomic E-state index is -0.503. The van der Waals surface area contributed by atoms with E-state index in [1.54, 1.807) is 30.3 Å². The molecular formula is C33H28F2N4O. The number of imidazole rings is 1. The number of aromatic nitrogens is 3. The molecule has 5 aromatic rings. The van der Waals surface area contributed by atoms with Crippen molar-refractivity contribution in [2.24, 2.45) is 5.41 Å². The summed E-state index contributed by atoms with van der Waals surface area (Å²) in [5.41, 5.74) is 5.80. The number of halogens is 2. The summed E-state index contributed by atoms with van der Waals surface area (Å²) in [4.78, 5) is 12.6. The molecule has 2 heterocycles. The molecule has 0 saturated heterocycles. The lowest BCUT2D eigenvalue weighted by Gasteiger charge is -2.15. The van der Waals surface area contributed by atoms with Gasteiger partial charge in [-0.05, 0) is 66.6 Å². The Labute approximate surface area is 231 Å². The van der Waals surface area contributed by atoms with E-state index >= 15 is 4.39 Å². The molecule has 0 amide bonds. The van der Waals surface area contributed by atoms with Crippen molar-refractivity contribution in [2.75, 3.05) is 0 Å². The quantitative estimate of drug-likeness (QED) is 0.189. The van der Waals surface area contributed by atoms with Crippen LogP contribution in [0.3, 0.4) is 0 Å². The molecule has 6 rings (SSSR count). The standard InChI is InChI=1S/C33H28F2N4O/c1-21-7-12-29-30(15-21)39(20-33(2)13-14-33)31(37-29)17-22-8-9-23(16-26(22)34)28-5-4-6-32(38-28)40-19-24-10-11-25(36-3)18-27(24)35/h4-12,15-16,18H,13-14,17,19-20H2,1-2H3. The van der Waals surface area contributed by atoms with Crippen LogP contribution in [-0.2, 0) is 19.6 Å². The highest BCUT2D eigenvalue weighted by molar-refractivity contribution is 5.77. The predicted molar refractivity (Wildman–Crippen MR) is 151 cm³/mol. The Bertz CT molecular complexity index is 1780. The average molecular weight is 535 g/mol. The molecule has 1 saturated carbocycles. The van der Waals surface area contributed by atoms with Gasteiger partial charge in [0, 0.05) is 30.2 Å². The summed E-state index contributed by atoms with van der Waals surface area (Å²) in [6.07, 6.45) is 2.78. The van der Waals surface area contributed by atoms with Crippen LogP contribution in [0.5, 0.6) is 5.88 Å². The third-order valence-corrected chi connectivity index (χ3v) is 7.59. The van der Waals surface area contributed by atoms with E-state index < -0.39 is 5.82 Å². The van der Waals surface area contributed by atoms with Crippen LogP contribution in [0.15, 0.2) is 72.8 Å². The average Bonchev–Trinajstić information content (AvgIpc) is 3.60. The first-order valence-electron chi connectivity index (χ1n) is 13.3. The predicted octanol–water partition coefficient (Wildman–Crippen LogP) is 8.21. The summed E-state index contributed by atoms with van der Waals surface area (Å²) in [5, 5.41) is 0. The number of pyridine rings is 1. The first kappa shape index (κ1) is 25.7. The number of rotatable bonds is 8. The van der Waals surface area contributed by atoms with Gasteiger partial charge < -0.3 is 9.30 Å². The smallest absolute Gasteiger partial charge is 0.214 e. The minimum Gasteiger partial charge on any atom is -0.473 e. The normalized spacial score (nSPS) is 13.8. The number of hydrogen-bond acceptors (Lipinski definition) is 3. The number of ether oxygens (including phenoxy) is 1. The number of benzene rings is 3. The number of nitrogens with zero attached hydrogens (tertiary/aromatic N) is 4. The fourth-order valence-corrected chi connectivity index (χ4v) is 4.90. The van der Waals surface area contributed by atoms with Crippen molar-refractivity contribution in [3.8, 4) is 17.1 Å². The van der Waals surface area contributed by atoms with Gasteiger partial charge in [0.2, 0.25) is 5.88 Å². The monoisotopic (exact) mass is 534 g/mol. The van der Waals surface area contributed by atoms with E-state index in [1.807, 2.05) is 12.1 Å². The maximum Gasteiger partial charge on any atom is 0.214 e. The van der Waals surface area contributed by atoms with Crippen LogP contribution in [0.25, 0.3) is 27.1 Å². The maximum absolute atomic E-state index is 15.4. The van der Waals surface area contributed by atoms with E-state index in [1.165, 1.54) is 36.6 Å². The third kappa shape index (κ3) is 5.30.